The lowest BCUT2D eigenvalue weighted by atomic mass is 9.72. The van der Waals surface area contributed by atoms with E-state index in [9.17, 15) is 27.9 Å². The summed E-state index contributed by atoms with van der Waals surface area (Å²) in [5.41, 5.74) is 1.42. The molecule has 41 heavy (non-hydrogen) atoms. The van der Waals surface area contributed by atoms with Crippen molar-refractivity contribution in [1.82, 2.24) is 10.2 Å². The molecule has 1 amide bonds. The van der Waals surface area contributed by atoms with E-state index in [1.54, 1.807) is 24.3 Å². The minimum absolute atomic E-state index is 0.00320. The number of likely N-dealkylation sites (tertiary alicyclic amines) is 1. The fourth-order valence-electron chi connectivity index (χ4n) is 5.89. The number of aliphatic carboxylic acids is 1. The van der Waals surface area contributed by atoms with Crippen molar-refractivity contribution >= 4 is 11.9 Å². The second-order valence-corrected chi connectivity index (χ2v) is 10.9. The minimum atomic E-state index is -4.42. The lowest BCUT2D eigenvalue weighted by molar-refractivity contribution is -0.307. The number of piperidine rings is 1. The zero-order chi connectivity index (χ0) is 29.5. The Balaban J connectivity index is 1.31. The molecule has 0 aliphatic carbocycles. The van der Waals surface area contributed by atoms with Crippen LogP contribution in [0.2, 0.25) is 0 Å². The Hall–Kier alpha value is -3.65. The molecule has 8 heteroatoms. The van der Waals surface area contributed by atoms with Gasteiger partial charge in [-0.3, -0.25) is 4.79 Å². The molecule has 218 valence electrons. The van der Waals surface area contributed by atoms with Crippen molar-refractivity contribution in [2.45, 2.75) is 63.1 Å². The van der Waals surface area contributed by atoms with E-state index < -0.39 is 23.1 Å². The van der Waals surface area contributed by atoms with E-state index in [1.165, 1.54) is 12.1 Å². The topological polar surface area (TPSA) is 72.5 Å². The fraction of sp³-hybridized carbons (Fsp3) is 0.394. The molecule has 1 aliphatic rings. The first-order valence-electron chi connectivity index (χ1n) is 14.2. The van der Waals surface area contributed by atoms with Crippen LogP contribution in [0.4, 0.5) is 13.2 Å². The quantitative estimate of drug-likeness (QED) is 0.317. The van der Waals surface area contributed by atoms with Gasteiger partial charge in [-0.25, -0.2) is 0 Å². The Morgan fingerprint density at radius 1 is 0.902 bits per heavy atom. The second kappa shape index (κ2) is 13.3. The van der Waals surface area contributed by atoms with Gasteiger partial charge in [-0.2, -0.15) is 13.2 Å². The summed E-state index contributed by atoms with van der Waals surface area (Å²) in [6.45, 7) is 4.51. The zero-order valence-corrected chi connectivity index (χ0v) is 23.3. The molecule has 1 N–H and O–H groups in total. The predicted molar refractivity (Wildman–Crippen MR) is 151 cm³/mol. The van der Waals surface area contributed by atoms with Crippen LogP contribution in [0.25, 0.3) is 11.1 Å². The lowest BCUT2D eigenvalue weighted by Crippen LogP contribution is -2.45. The minimum Gasteiger partial charge on any atom is -0.550 e. The van der Waals surface area contributed by atoms with E-state index in [-0.39, 0.29) is 18.4 Å². The zero-order valence-electron chi connectivity index (χ0n) is 23.3. The van der Waals surface area contributed by atoms with E-state index in [2.05, 4.69) is 10.2 Å². The van der Waals surface area contributed by atoms with Crippen LogP contribution in [0.15, 0.2) is 78.9 Å². The number of nitrogens with zero attached hydrogens (tertiary/aromatic N) is 1. The summed E-state index contributed by atoms with van der Waals surface area (Å²) in [5.74, 6) is -1.27. The van der Waals surface area contributed by atoms with Gasteiger partial charge in [-0.1, -0.05) is 67.6 Å². The molecular formula is C33H36F3N2O3-. The molecule has 1 unspecified atom stereocenters. The lowest BCUT2D eigenvalue weighted by Gasteiger charge is -2.36. The summed E-state index contributed by atoms with van der Waals surface area (Å²) in [6, 6.07) is 21.6. The van der Waals surface area contributed by atoms with Crippen LogP contribution in [-0.2, 0) is 16.4 Å². The molecule has 0 saturated carbocycles. The summed E-state index contributed by atoms with van der Waals surface area (Å²) in [5, 5.41) is 14.7. The number of carbonyl (C=O) groups is 2. The van der Waals surface area contributed by atoms with Crippen molar-refractivity contribution in [1.29, 1.82) is 0 Å². The fourth-order valence-corrected chi connectivity index (χ4v) is 5.89. The molecule has 1 heterocycles. The molecule has 1 fully saturated rings. The van der Waals surface area contributed by atoms with Gasteiger partial charge in [0.05, 0.1) is 5.56 Å². The summed E-state index contributed by atoms with van der Waals surface area (Å²) < 4.78 is 38.9. The molecule has 0 aromatic heterocycles. The van der Waals surface area contributed by atoms with Gasteiger partial charge in [0.15, 0.2) is 0 Å². The molecule has 3 aromatic rings. The van der Waals surface area contributed by atoms with Gasteiger partial charge >= 0.3 is 6.18 Å². The maximum absolute atomic E-state index is 13.2. The SMILES string of the molecule is CCC(CCCN1CCC(NC(=O)c2ccccc2-c2ccc(C(F)(F)F)cc2)CC1)(CC(=O)[O-])c1ccccc1. The summed E-state index contributed by atoms with van der Waals surface area (Å²) in [6.07, 6.45) is -0.536. The first-order chi connectivity index (χ1) is 19.6. The molecule has 1 atom stereocenters. The number of hydrogen-bond acceptors (Lipinski definition) is 4. The number of carboxylic acid groups (broad SMARTS) is 1. The van der Waals surface area contributed by atoms with Crippen LogP contribution in [-0.4, -0.2) is 42.5 Å². The van der Waals surface area contributed by atoms with Gasteiger partial charge in [0.2, 0.25) is 0 Å². The van der Waals surface area contributed by atoms with Crippen LogP contribution < -0.4 is 10.4 Å². The number of carboxylic acids is 1. The highest BCUT2D eigenvalue weighted by Gasteiger charge is 2.31. The third-order valence-electron chi connectivity index (χ3n) is 8.29. The molecule has 0 bridgehead atoms. The van der Waals surface area contributed by atoms with Crippen molar-refractivity contribution in [2.75, 3.05) is 19.6 Å². The number of halogens is 3. The summed E-state index contributed by atoms with van der Waals surface area (Å²) in [7, 11) is 0. The van der Waals surface area contributed by atoms with Crippen LogP contribution in [0, 0.1) is 0 Å². The number of nitrogens with one attached hydrogen (secondary N) is 1. The second-order valence-electron chi connectivity index (χ2n) is 10.9. The monoisotopic (exact) mass is 565 g/mol. The van der Waals surface area contributed by atoms with Gasteiger partial charge in [-0.15, -0.1) is 0 Å². The molecule has 1 aliphatic heterocycles. The van der Waals surface area contributed by atoms with Crippen molar-refractivity contribution < 1.29 is 27.9 Å². The van der Waals surface area contributed by atoms with Gasteiger partial charge in [0.1, 0.15) is 0 Å². The van der Waals surface area contributed by atoms with E-state index in [1.807, 2.05) is 37.3 Å². The van der Waals surface area contributed by atoms with E-state index in [0.717, 1.165) is 63.0 Å². The van der Waals surface area contributed by atoms with Gasteiger partial charge in [0, 0.05) is 36.1 Å². The number of hydrogen-bond donors (Lipinski definition) is 1. The van der Waals surface area contributed by atoms with Crippen molar-refractivity contribution in [3.8, 4) is 11.1 Å². The first kappa shape index (κ1) is 30.3. The third kappa shape index (κ3) is 7.76. The predicted octanol–water partition coefficient (Wildman–Crippen LogP) is 5.83. The van der Waals surface area contributed by atoms with Gasteiger partial charge < -0.3 is 20.1 Å². The normalized spacial score (nSPS) is 16.2. The van der Waals surface area contributed by atoms with E-state index in [4.69, 9.17) is 0 Å². The summed E-state index contributed by atoms with van der Waals surface area (Å²) >= 11 is 0. The van der Waals surface area contributed by atoms with Gasteiger partial charge in [-0.05, 0) is 80.0 Å². The number of carbonyl (C=O) groups excluding carboxylic acids is 2. The highest BCUT2D eigenvalue weighted by molar-refractivity contribution is 6.01. The van der Waals surface area contributed by atoms with E-state index in [0.29, 0.717) is 23.1 Å². The number of rotatable bonds is 11. The van der Waals surface area contributed by atoms with Crippen LogP contribution in [0.1, 0.15) is 66.9 Å². The van der Waals surface area contributed by atoms with E-state index >= 15 is 0 Å². The third-order valence-corrected chi connectivity index (χ3v) is 8.29. The maximum atomic E-state index is 13.2. The average Bonchev–Trinajstić information content (AvgIpc) is 2.97. The van der Waals surface area contributed by atoms with Crippen molar-refractivity contribution in [3.05, 3.63) is 95.6 Å². The Morgan fingerprint density at radius 2 is 1.54 bits per heavy atom. The maximum Gasteiger partial charge on any atom is 0.416 e. The van der Waals surface area contributed by atoms with Crippen molar-refractivity contribution in [3.63, 3.8) is 0 Å². The Morgan fingerprint density at radius 3 is 2.15 bits per heavy atom. The number of benzene rings is 3. The molecular weight excluding hydrogens is 529 g/mol. The molecule has 4 rings (SSSR count). The standard InChI is InChI=1S/C33H37F3N2O3/c1-2-32(23-30(39)40,25-9-4-3-5-10-25)19-8-20-38-21-17-27(18-22-38)37-31(41)29-12-7-6-11-28(29)24-13-15-26(16-14-24)33(34,35)36/h3-7,9-16,27H,2,8,17-23H2,1H3,(H,37,41)(H,39,40)/p-1. The largest absolute Gasteiger partial charge is 0.550 e. The Bertz CT molecular complexity index is 1300. The molecule has 5 nitrogen and oxygen atoms in total. The van der Waals surface area contributed by atoms with Crippen molar-refractivity contribution in [2.24, 2.45) is 0 Å². The smallest absolute Gasteiger partial charge is 0.416 e. The molecule has 0 spiro atoms. The van der Waals surface area contributed by atoms with Crippen LogP contribution in [0.3, 0.4) is 0 Å². The molecule has 1 saturated heterocycles. The molecule has 3 aromatic carbocycles. The molecule has 0 radical (unpaired) electrons. The Kier molecular flexibility index (Phi) is 9.86. The van der Waals surface area contributed by atoms with Crippen LogP contribution in [0.5, 0.6) is 0 Å². The number of amides is 1. The Labute approximate surface area is 239 Å². The van der Waals surface area contributed by atoms with Gasteiger partial charge in [0.25, 0.3) is 5.91 Å². The number of alkyl halides is 3. The highest BCUT2D eigenvalue weighted by atomic mass is 19.4. The average molecular weight is 566 g/mol. The van der Waals surface area contributed by atoms with Crippen LogP contribution >= 0.6 is 0 Å². The summed E-state index contributed by atoms with van der Waals surface area (Å²) in [4.78, 5) is 27.1. The highest BCUT2D eigenvalue weighted by Crippen LogP contribution is 2.36. The first-order valence-corrected chi connectivity index (χ1v) is 14.2.